The maximum absolute atomic E-state index is 13.5. The summed E-state index contributed by atoms with van der Waals surface area (Å²) in [5.74, 6) is -0.138. The number of benzene rings is 1. The molecule has 1 aromatic carbocycles. The summed E-state index contributed by atoms with van der Waals surface area (Å²) < 4.78 is 1.86. The van der Waals surface area contributed by atoms with E-state index in [0.29, 0.717) is 42.7 Å². The minimum Gasteiger partial charge on any atom is -0.349 e. The number of aryl methyl sites for hydroxylation is 1. The number of nitrogens with zero attached hydrogens (tertiary/aromatic N) is 5. The summed E-state index contributed by atoms with van der Waals surface area (Å²) in [6.45, 7) is 7.33. The summed E-state index contributed by atoms with van der Waals surface area (Å²) in [5, 5.41) is 8.47. The Bertz CT molecular complexity index is 1400. The van der Waals surface area contributed by atoms with Crippen LogP contribution in [-0.4, -0.2) is 55.6 Å². The Morgan fingerprint density at radius 3 is 2.47 bits per heavy atom. The Balaban J connectivity index is 1.38. The fraction of sp³-hybridized carbons (Fsp3) is 0.321. The third-order valence-electron chi connectivity index (χ3n) is 6.77. The van der Waals surface area contributed by atoms with Crippen molar-refractivity contribution in [1.82, 2.24) is 30.0 Å². The number of fused-ring (bicyclic) bond motifs is 1. The Kier molecular flexibility index (Phi) is 6.50. The predicted octanol–water partition coefficient (Wildman–Crippen LogP) is 4.42. The summed E-state index contributed by atoms with van der Waals surface area (Å²) in [6, 6.07) is 13.5. The molecule has 0 unspecified atom stereocenters. The lowest BCUT2D eigenvalue weighted by Gasteiger charge is -2.32. The highest BCUT2D eigenvalue weighted by Crippen LogP contribution is 2.28. The quantitative estimate of drug-likeness (QED) is 0.455. The van der Waals surface area contributed by atoms with Crippen molar-refractivity contribution in [2.24, 2.45) is 0 Å². The van der Waals surface area contributed by atoms with E-state index in [1.165, 1.54) is 0 Å². The molecule has 0 spiro atoms. The van der Waals surface area contributed by atoms with Gasteiger partial charge in [0.25, 0.3) is 11.8 Å². The number of rotatable bonds is 5. The van der Waals surface area contributed by atoms with Crippen molar-refractivity contribution in [3.05, 3.63) is 77.7 Å². The lowest BCUT2D eigenvalue weighted by Crippen LogP contribution is -2.46. The standard InChI is InChI=1S/C28H30N6O2/c1-18(2)34-26-24(17-30-34)23(16-25(32-26)22-7-5-4-6-19(22)3)27(35)31-21-10-14-33(15-11-21)28(36)20-8-12-29-13-9-20/h4-9,12-13,16-18,21H,10-11,14-15H2,1-3H3,(H,31,35). The predicted molar refractivity (Wildman–Crippen MR) is 139 cm³/mol. The summed E-state index contributed by atoms with van der Waals surface area (Å²) in [7, 11) is 0. The van der Waals surface area contributed by atoms with E-state index in [9.17, 15) is 9.59 Å². The molecule has 0 bridgehead atoms. The van der Waals surface area contributed by atoms with Crippen LogP contribution in [0.2, 0.25) is 0 Å². The van der Waals surface area contributed by atoms with Crippen LogP contribution in [0.1, 0.15) is 59.0 Å². The van der Waals surface area contributed by atoms with Crippen LogP contribution in [0.3, 0.4) is 0 Å². The van der Waals surface area contributed by atoms with Gasteiger partial charge in [-0.1, -0.05) is 24.3 Å². The molecule has 1 saturated heterocycles. The van der Waals surface area contributed by atoms with Gasteiger partial charge >= 0.3 is 0 Å². The first-order valence-corrected chi connectivity index (χ1v) is 12.4. The minimum absolute atomic E-state index is 0.00184. The molecule has 1 fully saturated rings. The summed E-state index contributed by atoms with van der Waals surface area (Å²) in [5.41, 5.74) is 4.75. The molecule has 1 N–H and O–H groups in total. The number of amides is 2. The number of nitrogens with one attached hydrogen (secondary N) is 1. The zero-order valence-corrected chi connectivity index (χ0v) is 20.8. The number of pyridine rings is 2. The van der Waals surface area contributed by atoms with Crippen molar-refractivity contribution >= 4 is 22.8 Å². The van der Waals surface area contributed by atoms with E-state index in [1.54, 1.807) is 30.7 Å². The first kappa shape index (κ1) is 23.7. The highest BCUT2D eigenvalue weighted by molar-refractivity contribution is 6.06. The SMILES string of the molecule is Cc1ccccc1-c1cc(C(=O)NC2CCN(C(=O)c3ccncc3)CC2)c2cnn(C(C)C)c2n1. The van der Waals surface area contributed by atoms with Gasteiger partial charge in [0.05, 0.1) is 22.8 Å². The molecule has 1 aliphatic heterocycles. The number of hydrogen-bond donors (Lipinski definition) is 1. The molecule has 5 rings (SSSR count). The van der Waals surface area contributed by atoms with E-state index < -0.39 is 0 Å². The van der Waals surface area contributed by atoms with E-state index >= 15 is 0 Å². The van der Waals surface area contributed by atoms with E-state index in [0.717, 1.165) is 22.2 Å². The second-order valence-electron chi connectivity index (χ2n) is 9.57. The third-order valence-corrected chi connectivity index (χ3v) is 6.77. The van der Waals surface area contributed by atoms with Gasteiger partial charge in [0.2, 0.25) is 0 Å². The van der Waals surface area contributed by atoms with Gasteiger partial charge in [-0.25, -0.2) is 9.67 Å². The summed E-state index contributed by atoms with van der Waals surface area (Å²) >= 11 is 0. The summed E-state index contributed by atoms with van der Waals surface area (Å²) in [4.78, 5) is 37.0. The molecule has 0 atom stereocenters. The average molecular weight is 483 g/mol. The van der Waals surface area contributed by atoms with E-state index in [4.69, 9.17) is 4.98 Å². The van der Waals surface area contributed by atoms with Gasteiger partial charge in [-0.05, 0) is 57.4 Å². The molecule has 184 valence electrons. The summed E-state index contributed by atoms with van der Waals surface area (Å²) in [6.07, 6.45) is 6.39. The molecule has 2 amide bonds. The van der Waals surface area contributed by atoms with E-state index in [1.807, 2.05) is 46.8 Å². The molecule has 1 aliphatic rings. The topological polar surface area (TPSA) is 93.0 Å². The van der Waals surface area contributed by atoms with Gasteiger partial charge < -0.3 is 10.2 Å². The highest BCUT2D eigenvalue weighted by Gasteiger charge is 2.26. The maximum Gasteiger partial charge on any atom is 0.253 e. The first-order chi connectivity index (χ1) is 17.4. The van der Waals surface area contributed by atoms with Crippen molar-refractivity contribution < 1.29 is 9.59 Å². The van der Waals surface area contributed by atoms with Crippen molar-refractivity contribution in [2.75, 3.05) is 13.1 Å². The number of carbonyl (C=O) groups is 2. The normalized spacial score (nSPS) is 14.4. The number of hydrogen-bond acceptors (Lipinski definition) is 5. The van der Waals surface area contributed by atoms with Gasteiger partial charge in [-0.3, -0.25) is 14.6 Å². The molecule has 8 heteroatoms. The van der Waals surface area contributed by atoms with Crippen LogP contribution < -0.4 is 5.32 Å². The number of likely N-dealkylation sites (tertiary alicyclic amines) is 1. The maximum atomic E-state index is 13.5. The van der Waals surface area contributed by atoms with Gasteiger partial charge in [0, 0.05) is 48.7 Å². The second kappa shape index (κ2) is 9.89. The van der Waals surface area contributed by atoms with Gasteiger partial charge in [0.1, 0.15) is 0 Å². The van der Waals surface area contributed by atoms with Crippen molar-refractivity contribution in [3.63, 3.8) is 0 Å². The van der Waals surface area contributed by atoms with Crippen LogP contribution in [0.25, 0.3) is 22.3 Å². The molecule has 3 aromatic heterocycles. The van der Waals surface area contributed by atoms with Crippen molar-refractivity contribution in [2.45, 2.75) is 45.7 Å². The zero-order chi connectivity index (χ0) is 25.2. The largest absolute Gasteiger partial charge is 0.349 e. The smallest absolute Gasteiger partial charge is 0.253 e. The molecule has 8 nitrogen and oxygen atoms in total. The molecule has 0 aliphatic carbocycles. The van der Waals surface area contributed by atoms with Crippen LogP contribution in [-0.2, 0) is 0 Å². The van der Waals surface area contributed by atoms with Crippen LogP contribution in [0.5, 0.6) is 0 Å². The molecule has 4 aromatic rings. The van der Waals surface area contributed by atoms with Gasteiger partial charge in [-0.2, -0.15) is 5.10 Å². The number of piperidine rings is 1. The zero-order valence-electron chi connectivity index (χ0n) is 20.8. The van der Waals surface area contributed by atoms with E-state index in [2.05, 4.69) is 29.2 Å². The van der Waals surface area contributed by atoms with Gasteiger partial charge in [-0.15, -0.1) is 0 Å². The van der Waals surface area contributed by atoms with E-state index in [-0.39, 0.29) is 23.9 Å². The van der Waals surface area contributed by atoms with Crippen molar-refractivity contribution in [3.8, 4) is 11.3 Å². The minimum atomic E-state index is -0.139. The Morgan fingerprint density at radius 2 is 1.78 bits per heavy atom. The highest BCUT2D eigenvalue weighted by atomic mass is 16.2. The Labute approximate surface area is 210 Å². The average Bonchev–Trinajstić information content (AvgIpc) is 3.33. The molecule has 4 heterocycles. The first-order valence-electron chi connectivity index (χ1n) is 12.4. The Hall–Kier alpha value is -4.07. The number of carbonyl (C=O) groups excluding carboxylic acids is 2. The van der Waals surface area contributed by atoms with Crippen LogP contribution in [0, 0.1) is 6.92 Å². The number of aromatic nitrogens is 4. The van der Waals surface area contributed by atoms with Crippen molar-refractivity contribution in [1.29, 1.82) is 0 Å². The molecular weight excluding hydrogens is 452 g/mol. The molecule has 0 radical (unpaired) electrons. The fourth-order valence-corrected chi connectivity index (χ4v) is 4.75. The second-order valence-corrected chi connectivity index (χ2v) is 9.57. The molecule has 0 saturated carbocycles. The van der Waals surface area contributed by atoms with Gasteiger partial charge in [0.15, 0.2) is 5.65 Å². The van der Waals surface area contributed by atoms with Crippen LogP contribution in [0.4, 0.5) is 0 Å². The molecular formula is C28H30N6O2. The van der Waals surface area contributed by atoms with Crippen LogP contribution >= 0.6 is 0 Å². The monoisotopic (exact) mass is 482 g/mol. The third kappa shape index (κ3) is 4.58. The lowest BCUT2D eigenvalue weighted by molar-refractivity contribution is 0.0698. The molecule has 36 heavy (non-hydrogen) atoms. The van der Waals surface area contributed by atoms with Crippen LogP contribution in [0.15, 0.2) is 61.1 Å². The fourth-order valence-electron chi connectivity index (χ4n) is 4.75. The lowest BCUT2D eigenvalue weighted by atomic mass is 10.0. The Morgan fingerprint density at radius 1 is 1.06 bits per heavy atom.